The van der Waals surface area contributed by atoms with E-state index < -0.39 is 0 Å². The van der Waals surface area contributed by atoms with Crippen molar-refractivity contribution < 1.29 is 0 Å². The molecule has 2 aromatic rings. The minimum absolute atomic E-state index is 0. The molecule has 0 saturated heterocycles. The number of hydrogen-bond donors (Lipinski definition) is 1. The Morgan fingerprint density at radius 1 is 1.29 bits per heavy atom. The fourth-order valence-electron chi connectivity index (χ4n) is 1.01. The Bertz CT molecular complexity index is 386. The molecule has 0 fully saturated rings. The molecule has 0 saturated carbocycles. The second-order valence-corrected chi connectivity index (χ2v) is 2.56. The van der Waals surface area contributed by atoms with Gasteiger partial charge in [-0.1, -0.05) is 5.21 Å². The standard InChI is InChI=1S/C8H9N5.ClH/c9-5-7-6-13(12-11-7)8-1-3-10-4-2-8;/h1-4,6H,5,9H2;1H. The summed E-state index contributed by atoms with van der Waals surface area (Å²) in [7, 11) is 0. The van der Waals surface area contributed by atoms with Crippen molar-refractivity contribution in [2.24, 2.45) is 5.73 Å². The van der Waals surface area contributed by atoms with Crippen molar-refractivity contribution in [1.29, 1.82) is 0 Å². The molecule has 2 rings (SSSR count). The number of aromatic nitrogens is 4. The smallest absolute Gasteiger partial charge is 0.0967 e. The molecule has 0 aliphatic rings. The van der Waals surface area contributed by atoms with Crippen molar-refractivity contribution in [3.63, 3.8) is 0 Å². The summed E-state index contributed by atoms with van der Waals surface area (Å²) in [5.41, 5.74) is 7.12. The van der Waals surface area contributed by atoms with Crippen molar-refractivity contribution in [3.8, 4) is 5.69 Å². The van der Waals surface area contributed by atoms with Crippen LogP contribution in [-0.2, 0) is 6.54 Å². The lowest BCUT2D eigenvalue weighted by Gasteiger charge is -1.96. The third kappa shape index (κ3) is 2.07. The lowest BCUT2D eigenvalue weighted by molar-refractivity contribution is 0.795. The molecule has 0 aromatic carbocycles. The number of hydrogen-bond acceptors (Lipinski definition) is 4. The van der Waals surface area contributed by atoms with Crippen LogP contribution < -0.4 is 5.73 Å². The predicted molar refractivity (Wildman–Crippen MR) is 54.3 cm³/mol. The Balaban J connectivity index is 0.000000980. The van der Waals surface area contributed by atoms with E-state index in [2.05, 4.69) is 15.3 Å². The Labute approximate surface area is 87.4 Å². The van der Waals surface area contributed by atoms with Gasteiger partial charge in [0.2, 0.25) is 0 Å². The van der Waals surface area contributed by atoms with Crippen molar-refractivity contribution in [1.82, 2.24) is 20.0 Å². The van der Waals surface area contributed by atoms with E-state index in [1.807, 2.05) is 12.1 Å². The van der Waals surface area contributed by atoms with Crippen LogP contribution in [0.3, 0.4) is 0 Å². The first-order valence-electron chi connectivity index (χ1n) is 3.92. The second-order valence-electron chi connectivity index (χ2n) is 2.56. The lowest BCUT2D eigenvalue weighted by atomic mass is 10.4. The van der Waals surface area contributed by atoms with Crippen LogP contribution in [0.15, 0.2) is 30.7 Å². The van der Waals surface area contributed by atoms with Gasteiger partial charge in [0.15, 0.2) is 0 Å². The fourth-order valence-corrected chi connectivity index (χ4v) is 1.01. The highest BCUT2D eigenvalue weighted by atomic mass is 35.5. The first kappa shape index (κ1) is 10.6. The van der Waals surface area contributed by atoms with Crippen molar-refractivity contribution >= 4 is 12.4 Å². The highest BCUT2D eigenvalue weighted by molar-refractivity contribution is 5.85. The summed E-state index contributed by atoms with van der Waals surface area (Å²) in [6.45, 7) is 0.408. The van der Waals surface area contributed by atoms with E-state index >= 15 is 0 Å². The fraction of sp³-hybridized carbons (Fsp3) is 0.125. The van der Waals surface area contributed by atoms with Gasteiger partial charge in [-0.15, -0.1) is 17.5 Å². The maximum Gasteiger partial charge on any atom is 0.0967 e. The highest BCUT2D eigenvalue weighted by Crippen LogP contribution is 2.03. The summed E-state index contributed by atoms with van der Waals surface area (Å²) < 4.78 is 1.67. The Morgan fingerprint density at radius 3 is 2.57 bits per heavy atom. The van der Waals surface area contributed by atoms with E-state index in [0.29, 0.717) is 6.54 Å². The predicted octanol–water partition coefficient (Wildman–Crippen LogP) is 0.543. The summed E-state index contributed by atoms with van der Waals surface area (Å²) in [6, 6.07) is 3.71. The minimum Gasteiger partial charge on any atom is -0.325 e. The molecule has 2 heterocycles. The molecule has 0 amide bonds. The Morgan fingerprint density at radius 2 is 2.00 bits per heavy atom. The van der Waals surface area contributed by atoms with E-state index in [1.54, 1.807) is 23.3 Å². The van der Waals surface area contributed by atoms with Gasteiger partial charge in [0.1, 0.15) is 0 Å². The van der Waals surface area contributed by atoms with E-state index in [9.17, 15) is 0 Å². The summed E-state index contributed by atoms with van der Waals surface area (Å²) in [5.74, 6) is 0. The number of rotatable bonds is 2. The van der Waals surface area contributed by atoms with E-state index in [1.165, 1.54) is 0 Å². The Kier molecular flexibility index (Phi) is 3.55. The van der Waals surface area contributed by atoms with Gasteiger partial charge in [0, 0.05) is 18.9 Å². The van der Waals surface area contributed by atoms with Gasteiger partial charge in [-0.25, -0.2) is 4.68 Å². The molecule has 0 aliphatic heterocycles. The van der Waals surface area contributed by atoms with Crippen LogP contribution in [0.1, 0.15) is 5.69 Å². The average Bonchev–Trinajstić information content (AvgIpc) is 2.67. The van der Waals surface area contributed by atoms with Gasteiger partial charge in [0.05, 0.1) is 17.6 Å². The minimum atomic E-state index is 0. The topological polar surface area (TPSA) is 69.6 Å². The zero-order valence-corrected chi connectivity index (χ0v) is 8.18. The van der Waals surface area contributed by atoms with Gasteiger partial charge < -0.3 is 5.73 Å². The third-order valence-electron chi connectivity index (χ3n) is 1.68. The molecule has 2 aromatic heterocycles. The van der Waals surface area contributed by atoms with Crippen LogP contribution in [0.4, 0.5) is 0 Å². The SMILES string of the molecule is Cl.NCc1cn(-c2ccncc2)nn1. The zero-order chi connectivity index (χ0) is 9.10. The molecule has 0 bridgehead atoms. The molecule has 14 heavy (non-hydrogen) atoms. The number of nitrogens with two attached hydrogens (primary N) is 1. The molecule has 2 N–H and O–H groups in total. The average molecular weight is 212 g/mol. The first-order chi connectivity index (χ1) is 6.40. The summed E-state index contributed by atoms with van der Waals surface area (Å²) >= 11 is 0. The van der Waals surface area contributed by atoms with Crippen molar-refractivity contribution in [3.05, 3.63) is 36.4 Å². The van der Waals surface area contributed by atoms with Crippen LogP contribution in [0.5, 0.6) is 0 Å². The molecule has 0 atom stereocenters. The molecule has 0 aliphatic carbocycles. The van der Waals surface area contributed by atoms with Gasteiger partial charge >= 0.3 is 0 Å². The van der Waals surface area contributed by atoms with E-state index in [-0.39, 0.29) is 12.4 Å². The van der Waals surface area contributed by atoms with Gasteiger partial charge in [-0.2, -0.15) is 0 Å². The molecule has 6 heteroatoms. The number of halogens is 1. The van der Waals surface area contributed by atoms with Crippen LogP contribution in [0.2, 0.25) is 0 Å². The molecule has 74 valence electrons. The monoisotopic (exact) mass is 211 g/mol. The number of pyridine rings is 1. The van der Waals surface area contributed by atoms with E-state index in [0.717, 1.165) is 11.4 Å². The number of nitrogens with zero attached hydrogens (tertiary/aromatic N) is 4. The lowest BCUT2D eigenvalue weighted by Crippen LogP contribution is -1.95. The van der Waals surface area contributed by atoms with E-state index in [4.69, 9.17) is 5.73 Å². The summed E-state index contributed by atoms with van der Waals surface area (Å²) in [6.07, 6.45) is 5.22. The highest BCUT2D eigenvalue weighted by Gasteiger charge is 1.99. The molecular weight excluding hydrogens is 202 g/mol. The van der Waals surface area contributed by atoms with Crippen molar-refractivity contribution in [2.45, 2.75) is 6.54 Å². The van der Waals surface area contributed by atoms with Gasteiger partial charge in [-0.05, 0) is 12.1 Å². The van der Waals surface area contributed by atoms with Gasteiger partial charge in [-0.3, -0.25) is 4.98 Å². The molecule has 0 unspecified atom stereocenters. The van der Waals surface area contributed by atoms with Crippen LogP contribution in [0, 0.1) is 0 Å². The Hall–Kier alpha value is -1.46. The molecule has 0 spiro atoms. The van der Waals surface area contributed by atoms with Crippen LogP contribution in [-0.4, -0.2) is 20.0 Å². The molecular formula is C8H10ClN5. The molecule has 0 radical (unpaired) electrons. The zero-order valence-electron chi connectivity index (χ0n) is 7.37. The quantitative estimate of drug-likeness (QED) is 0.788. The maximum absolute atomic E-state index is 5.41. The van der Waals surface area contributed by atoms with Crippen molar-refractivity contribution in [2.75, 3.05) is 0 Å². The molecule has 5 nitrogen and oxygen atoms in total. The van der Waals surface area contributed by atoms with Crippen LogP contribution >= 0.6 is 12.4 Å². The maximum atomic E-state index is 5.41. The second kappa shape index (κ2) is 4.69. The summed E-state index contributed by atoms with van der Waals surface area (Å²) in [4.78, 5) is 3.91. The van der Waals surface area contributed by atoms with Crippen LogP contribution in [0.25, 0.3) is 5.69 Å². The summed E-state index contributed by atoms with van der Waals surface area (Å²) in [5, 5.41) is 7.79. The normalized spacial score (nSPS) is 9.50. The first-order valence-corrected chi connectivity index (χ1v) is 3.92. The largest absolute Gasteiger partial charge is 0.325 e. The van der Waals surface area contributed by atoms with Gasteiger partial charge in [0.25, 0.3) is 0 Å². The third-order valence-corrected chi connectivity index (χ3v) is 1.68.